The number of Topliss-reactive ketones (excluding diaryl/α,β-unsaturated/α-hetero) is 1. The Morgan fingerprint density at radius 2 is 1.89 bits per heavy atom. The average Bonchev–Trinajstić information content (AvgIpc) is 2.73. The Balaban J connectivity index is 2.08. The van der Waals surface area contributed by atoms with Crippen LogP contribution in [0.5, 0.6) is 0 Å². The molecule has 0 aliphatic heterocycles. The van der Waals surface area contributed by atoms with E-state index < -0.39 is 5.82 Å². The Hall–Kier alpha value is -2.17. The van der Waals surface area contributed by atoms with Crippen molar-refractivity contribution in [2.24, 2.45) is 0 Å². The lowest BCUT2D eigenvalue weighted by Crippen LogP contribution is -2.27. The fourth-order valence-electron chi connectivity index (χ4n) is 1.91. The van der Waals surface area contributed by atoms with Crippen molar-refractivity contribution in [1.82, 2.24) is 9.13 Å². The predicted octanol–water partition coefficient (Wildman–Crippen LogP) is 1.62. The summed E-state index contributed by atoms with van der Waals surface area (Å²) in [6.45, 7) is 2.39. The molecular weight excluding hydrogens is 247 g/mol. The van der Waals surface area contributed by atoms with E-state index in [2.05, 4.69) is 0 Å². The SMILES string of the molecule is CCn1ccn(CC(=O)Cc2ccccc2F)c1=O. The highest BCUT2D eigenvalue weighted by Crippen LogP contribution is 2.07. The molecular formula is C14H15FN2O2. The summed E-state index contributed by atoms with van der Waals surface area (Å²) < 4.78 is 16.3. The molecule has 2 rings (SSSR count). The Bertz CT molecular complexity index is 643. The van der Waals surface area contributed by atoms with E-state index in [1.807, 2.05) is 6.92 Å². The van der Waals surface area contributed by atoms with Crippen LogP contribution in [0.25, 0.3) is 0 Å². The van der Waals surface area contributed by atoms with E-state index in [9.17, 15) is 14.0 Å². The van der Waals surface area contributed by atoms with Gasteiger partial charge in [-0.2, -0.15) is 0 Å². The number of aromatic nitrogens is 2. The Morgan fingerprint density at radius 1 is 1.21 bits per heavy atom. The first kappa shape index (κ1) is 13.3. The highest BCUT2D eigenvalue weighted by Gasteiger charge is 2.10. The molecule has 0 amide bonds. The van der Waals surface area contributed by atoms with Crippen molar-refractivity contribution < 1.29 is 9.18 Å². The molecule has 1 aromatic heterocycles. The van der Waals surface area contributed by atoms with Crippen molar-refractivity contribution in [3.63, 3.8) is 0 Å². The molecule has 19 heavy (non-hydrogen) atoms. The van der Waals surface area contributed by atoms with Crippen LogP contribution in [0.4, 0.5) is 4.39 Å². The summed E-state index contributed by atoms with van der Waals surface area (Å²) in [4.78, 5) is 23.6. The van der Waals surface area contributed by atoms with E-state index in [1.165, 1.54) is 15.2 Å². The third-order valence-electron chi connectivity index (χ3n) is 2.95. The topological polar surface area (TPSA) is 44.0 Å². The maximum atomic E-state index is 13.4. The number of halogens is 1. The largest absolute Gasteiger partial charge is 0.328 e. The average molecular weight is 262 g/mol. The molecule has 1 heterocycles. The summed E-state index contributed by atoms with van der Waals surface area (Å²) in [6, 6.07) is 6.16. The first-order valence-electron chi connectivity index (χ1n) is 6.12. The number of ketones is 1. The van der Waals surface area contributed by atoms with Crippen LogP contribution in [0.3, 0.4) is 0 Å². The second-order valence-corrected chi connectivity index (χ2v) is 4.30. The number of hydrogen-bond donors (Lipinski definition) is 0. The van der Waals surface area contributed by atoms with Gasteiger partial charge in [0.1, 0.15) is 5.82 Å². The zero-order chi connectivity index (χ0) is 13.8. The standard InChI is InChI=1S/C14H15FN2O2/c1-2-16-7-8-17(14(16)19)10-12(18)9-11-5-3-4-6-13(11)15/h3-8H,2,9-10H2,1H3. The number of aryl methyl sites for hydroxylation is 1. The summed E-state index contributed by atoms with van der Waals surface area (Å²) in [5.74, 6) is -0.588. The Kier molecular flexibility index (Phi) is 3.94. The minimum absolute atomic E-state index is 0.00355. The molecule has 0 aliphatic rings. The Labute approximate surface area is 110 Å². The van der Waals surface area contributed by atoms with Gasteiger partial charge in [-0.1, -0.05) is 18.2 Å². The zero-order valence-corrected chi connectivity index (χ0v) is 10.7. The van der Waals surface area contributed by atoms with Crippen LogP contribution in [0.1, 0.15) is 12.5 Å². The minimum atomic E-state index is -0.394. The van der Waals surface area contributed by atoms with E-state index in [-0.39, 0.29) is 24.4 Å². The summed E-state index contributed by atoms with van der Waals surface area (Å²) in [5, 5.41) is 0. The highest BCUT2D eigenvalue weighted by molar-refractivity contribution is 5.80. The molecule has 4 nitrogen and oxygen atoms in total. The molecule has 0 atom stereocenters. The third-order valence-corrected chi connectivity index (χ3v) is 2.95. The number of carbonyl (C=O) groups excluding carboxylic acids is 1. The van der Waals surface area contributed by atoms with Crippen LogP contribution in [0.2, 0.25) is 0 Å². The number of carbonyl (C=O) groups is 1. The van der Waals surface area contributed by atoms with Gasteiger partial charge in [0.15, 0.2) is 5.78 Å². The van der Waals surface area contributed by atoms with Crippen LogP contribution < -0.4 is 5.69 Å². The fraction of sp³-hybridized carbons (Fsp3) is 0.286. The third kappa shape index (κ3) is 2.99. The molecule has 0 N–H and O–H groups in total. The van der Waals surface area contributed by atoms with Gasteiger partial charge in [-0.3, -0.25) is 13.9 Å². The molecule has 5 heteroatoms. The van der Waals surface area contributed by atoms with Gasteiger partial charge in [-0.05, 0) is 18.6 Å². The van der Waals surface area contributed by atoms with Gasteiger partial charge in [0.05, 0.1) is 6.54 Å². The molecule has 0 unspecified atom stereocenters. The number of hydrogen-bond acceptors (Lipinski definition) is 2. The maximum absolute atomic E-state index is 13.4. The molecule has 0 aliphatic carbocycles. The van der Waals surface area contributed by atoms with Crippen molar-refractivity contribution in [3.8, 4) is 0 Å². The van der Waals surface area contributed by atoms with Crippen molar-refractivity contribution in [2.75, 3.05) is 0 Å². The van der Waals surface area contributed by atoms with Crippen molar-refractivity contribution >= 4 is 5.78 Å². The van der Waals surface area contributed by atoms with Gasteiger partial charge in [0, 0.05) is 25.4 Å². The minimum Gasteiger partial charge on any atom is -0.300 e. The van der Waals surface area contributed by atoms with Crippen molar-refractivity contribution in [2.45, 2.75) is 26.4 Å². The van der Waals surface area contributed by atoms with E-state index in [1.54, 1.807) is 30.6 Å². The van der Waals surface area contributed by atoms with Crippen LogP contribution in [0.15, 0.2) is 41.5 Å². The number of nitrogens with zero attached hydrogens (tertiary/aromatic N) is 2. The highest BCUT2D eigenvalue weighted by atomic mass is 19.1. The van der Waals surface area contributed by atoms with Gasteiger partial charge in [-0.25, -0.2) is 9.18 Å². The molecule has 0 radical (unpaired) electrons. The van der Waals surface area contributed by atoms with Crippen LogP contribution in [-0.2, 0) is 24.3 Å². The molecule has 0 saturated carbocycles. The lowest BCUT2D eigenvalue weighted by Gasteiger charge is -2.03. The van der Waals surface area contributed by atoms with Crippen LogP contribution in [-0.4, -0.2) is 14.9 Å². The lowest BCUT2D eigenvalue weighted by molar-refractivity contribution is -0.119. The lowest BCUT2D eigenvalue weighted by atomic mass is 10.1. The van der Waals surface area contributed by atoms with E-state index in [4.69, 9.17) is 0 Å². The molecule has 0 saturated heterocycles. The summed E-state index contributed by atoms with van der Waals surface area (Å²) >= 11 is 0. The first-order chi connectivity index (χ1) is 9.11. The second kappa shape index (κ2) is 5.65. The predicted molar refractivity (Wildman–Crippen MR) is 69.5 cm³/mol. The van der Waals surface area contributed by atoms with E-state index >= 15 is 0 Å². The molecule has 0 fully saturated rings. The molecule has 100 valence electrons. The maximum Gasteiger partial charge on any atom is 0.328 e. The van der Waals surface area contributed by atoms with Gasteiger partial charge in [-0.15, -0.1) is 0 Å². The van der Waals surface area contributed by atoms with E-state index in [0.29, 0.717) is 12.1 Å². The second-order valence-electron chi connectivity index (χ2n) is 4.30. The molecule has 0 bridgehead atoms. The quantitative estimate of drug-likeness (QED) is 0.822. The number of imidazole rings is 1. The van der Waals surface area contributed by atoms with Gasteiger partial charge in [0.2, 0.25) is 0 Å². The van der Waals surface area contributed by atoms with Gasteiger partial charge in [0.25, 0.3) is 0 Å². The zero-order valence-electron chi connectivity index (χ0n) is 10.7. The van der Waals surface area contributed by atoms with E-state index in [0.717, 1.165) is 0 Å². The number of rotatable bonds is 5. The molecule has 0 spiro atoms. The van der Waals surface area contributed by atoms with Crippen LogP contribution >= 0.6 is 0 Å². The summed E-state index contributed by atoms with van der Waals surface area (Å²) in [5.41, 5.74) is 0.139. The normalized spacial score (nSPS) is 10.6. The van der Waals surface area contributed by atoms with Gasteiger partial charge >= 0.3 is 5.69 Å². The molecule has 1 aromatic carbocycles. The first-order valence-corrected chi connectivity index (χ1v) is 6.12. The van der Waals surface area contributed by atoms with Crippen molar-refractivity contribution in [3.05, 3.63) is 58.5 Å². The Morgan fingerprint density at radius 3 is 2.53 bits per heavy atom. The van der Waals surface area contributed by atoms with Crippen LogP contribution in [0, 0.1) is 5.82 Å². The summed E-state index contributed by atoms with van der Waals surface area (Å²) in [6.07, 6.45) is 3.21. The molecule has 2 aromatic rings. The smallest absolute Gasteiger partial charge is 0.300 e. The summed E-state index contributed by atoms with van der Waals surface area (Å²) in [7, 11) is 0. The van der Waals surface area contributed by atoms with Crippen molar-refractivity contribution in [1.29, 1.82) is 0 Å². The fourth-order valence-corrected chi connectivity index (χ4v) is 1.91. The monoisotopic (exact) mass is 262 g/mol. The number of benzene rings is 1. The van der Waals surface area contributed by atoms with Gasteiger partial charge < -0.3 is 0 Å².